The zero-order chi connectivity index (χ0) is 8.98. The molecule has 0 saturated heterocycles. The molecule has 2 aliphatic carbocycles. The quantitative estimate of drug-likeness (QED) is 0.576. The Morgan fingerprint density at radius 1 is 1.50 bits per heavy atom. The van der Waals surface area contributed by atoms with Crippen LogP contribution >= 0.6 is 0 Å². The number of hydrogen-bond acceptors (Lipinski definition) is 1. The maximum absolute atomic E-state index is 11.0. The van der Waals surface area contributed by atoms with E-state index in [0.29, 0.717) is 5.41 Å². The summed E-state index contributed by atoms with van der Waals surface area (Å²) >= 11 is 0. The molecule has 1 spiro atoms. The van der Waals surface area contributed by atoms with Crippen LogP contribution in [0.5, 0.6) is 0 Å². The van der Waals surface area contributed by atoms with Crippen LogP contribution in [-0.2, 0) is 4.79 Å². The first kappa shape index (κ1) is 8.28. The van der Waals surface area contributed by atoms with Gasteiger partial charge in [-0.25, -0.2) is 0 Å². The molecule has 0 heterocycles. The van der Waals surface area contributed by atoms with Crippen molar-refractivity contribution in [3.8, 4) is 0 Å². The van der Waals surface area contributed by atoms with E-state index in [0.717, 1.165) is 18.3 Å². The maximum atomic E-state index is 11.0. The fourth-order valence-electron chi connectivity index (χ4n) is 3.78. The Morgan fingerprint density at radius 3 is 2.42 bits per heavy atom. The third-order valence-electron chi connectivity index (χ3n) is 4.79. The van der Waals surface area contributed by atoms with Gasteiger partial charge in [-0.15, -0.1) is 0 Å². The van der Waals surface area contributed by atoms with Crippen LogP contribution in [0.4, 0.5) is 0 Å². The lowest BCUT2D eigenvalue weighted by molar-refractivity contribution is -0.128. The third-order valence-corrected chi connectivity index (χ3v) is 4.79. The zero-order valence-electron chi connectivity index (χ0n) is 8.26. The summed E-state index contributed by atoms with van der Waals surface area (Å²) in [6.45, 7) is 6.71. The van der Waals surface area contributed by atoms with E-state index in [1.165, 1.54) is 19.1 Å². The smallest absolute Gasteiger partial charge is 0.126 e. The van der Waals surface area contributed by atoms with Crippen LogP contribution < -0.4 is 0 Å². The van der Waals surface area contributed by atoms with E-state index in [-0.39, 0.29) is 5.41 Å². The molecule has 12 heavy (non-hydrogen) atoms. The first-order chi connectivity index (χ1) is 5.62. The Morgan fingerprint density at radius 2 is 2.17 bits per heavy atom. The number of hydrogen-bond donors (Lipinski definition) is 0. The predicted octanol–water partition coefficient (Wildman–Crippen LogP) is 2.65. The molecule has 2 fully saturated rings. The number of aldehydes is 1. The van der Waals surface area contributed by atoms with Gasteiger partial charge in [0.1, 0.15) is 6.29 Å². The molecule has 0 aromatic carbocycles. The van der Waals surface area contributed by atoms with E-state index in [1.54, 1.807) is 0 Å². The van der Waals surface area contributed by atoms with Gasteiger partial charge in [-0.3, -0.25) is 0 Å². The fourth-order valence-corrected chi connectivity index (χ4v) is 3.78. The van der Waals surface area contributed by atoms with Crippen molar-refractivity contribution in [2.75, 3.05) is 0 Å². The first-order valence-electron chi connectivity index (χ1n) is 5.08. The van der Waals surface area contributed by atoms with Gasteiger partial charge >= 0.3 is 0 Å². The average molecular weight is 166 g/mol. The van der Waals surface area contributed by atoms with Gasteiger partial charge in [0.05, 0.1) is 0 Å². The highest BCUT2D eigenvalue weighted by atomic mass is 16.1. The summed E-state index contributed by atoms with van der Waals surface area (Å²) in [5.41, 5.74) is 0.469. The Kier molecular flexibility index (Phi) is 1.47. The van der Waals surface area contributed by atoms with E-state index in [9.17, 15) is 4.79 Å². The molecule has 0 amide bonds. The lowest BCUT2D eigenvalue weighted by Crippen LogP contribution is -2.43. The minimum Gasteiger partial charge on any atom is -0.303 e. The third kappa shape index (κ3) is 0.605. The van der Waals surface area contributed by atoms with Crippen molar-refractivity contribution < 1.29 is 4.79 Å². The van der Waals surface area contributed by atoms with E-state index in [4.69, 9.17) is 0 Å². The van der Waals surface area contributed by atoms with Gasteiger partial charge in [-0.2, -0.15) is 0 Å². The summed E-state index contributed by atoms with van der Waals surface area (Å²) in [5.74, 6) is 1.63. The van der Waals surface area contributed by atoms with Crippen molar-refractivity contribution in [2.24, 2.45) is 22.7 Å². The molecule has 0 aliphatic heterocycles. The summed E-state index contributed by atoms with van der Waals surface area (Å²) in [5, 5.41) is 0. The molecule has 0 radical (unpaired) electrons. The molecule has 4 atom stereocenters. The van der Waals surface area contributed by atoms with Crippen LogP contribution in [0.2, 0.25) is 0 Å². The molecule has 0 bridgehead atoms. The highest BCUT2D eigenvalue weighted by Gasteiger charge is 2.73. The largest absolute Gasteiger partial charge is 0.303 e. The molecule has 4 unspecified atom stereocenters. The molecule has 2 aliphatic rings. The van der Waals surface area contributed by atoms with Crippen LogP contribution in [0, 0.1) is 22.7 Å². The highest BCUT2D eigenvalue weighted by molar-refractivity contribution is 5.64. The Hall–Kier alpha value is -0.330. The molecule has 68 valence electrons. The van der Waals surface area contributed by atoms with Gasteiger partial charge in [-0.1, -0.05) is 27.2 Å². The highest BCUT2D eigenvalue weighted by Crippen LogP contribution is 2.78. The molecular formula is C11H18O. The maximum Gasteiger partial charge on any atom is 0.126 e. The van der Waals surface area contributed by atoms with Crippen molar-refractivity contribution in [3.63, 3.8) is 0 Å². The summed E-state index contributed by atoms with van der Waals surface area (Å²) < 4.78 is 0. The average Bonchev–Trinajstić information content (AvgIpc) is 2.70. The normalized spacial score (nSPS) is 56.6. The van der Waals surface area contributed by atoms with Crippen LogP contribution in [0.3, 0.4) is 0 Å². The molecule has 1 heteroatoms. The second-order valence-corrected chi connectivity index (χ2v) is 4.88. The van der Waals surface area contributed by atoms with Crippen molar-refractivity contribution in [1.82, 2.24) is 0 Å². The van der Waals surface area contributed by atoms with Crippen LogP contribution in [-0.4, -0.2) is 6.29 Å². The lowest BCUT2D eigenvalue weighted by atomic mass is 9.57. The summed E-state index contributed by atoms with van der Waals surface area (Å²) in [4.78, 5) is 11.0. The van der Waals surface area contributed by atoms with E-state index >= 15 is 0 Å². The van der Waals surface area contributed by atoms with Gasteiger partial charge in [-0.05, 0) is 30.1 Å². The Balaban J connectivity index is 2.21. The first-order valence-corrected chi connectivity index (χ1v) is 5.08. The van der Waals surface area contributed by atoms with Crippen molar-refractivity contribution in [3.05, 3.63) is 0 Å². The van der Waals surface area contributed by atoms with E-state index in [1.807, 2.05) is 0 Å². The van der Waals surface area contributed by atoms with Gasteiger partial charge in [0, 0.05) is 5.41 Å². The lowest BCUT2D eigenvalue weighted by Gasteiger charge is -2.46. The molecule has 2 rings (SSSR count). The standard InChI is InChI=1S/C11H18O/c1-4-9-8(2)11(9)6-5-10(11,3)7-12/h7-9H,4-6H2,1-3H3. The minimum absolute atomic E-state index is 0.0348. The van der Waals surface area contributed by atoms with E-state index in [2.05, 4.69) is 20.8 Å². The summed E-state index contributed by atoms with van der Waals surface area (Å²) in [7, 11) is 0. The van der Waals surface area contributed by atoms with Crippen LogP contribution in [0.15, 0.2) is 0 Å². The van der Waals surface area contributed by atoms with Gasteiger partial charge in [0.15, 0.2) is 0 Å². The van der Waals surface area contributed by atoms with E-state index < -0.39 is 0 Å². The Bertz CT molecular complexity index is 223. The second-order valence-electron chi connectivity index (χ2n) is 4.88. The van der Waals surface area contributed by atoms with Crippen molar-refractivity contribution >= 4 is 6.29 Å². The molecular weight excluding hydrogens is 148 g/mol. The Labute approximate surface area is 74.5 Å². The fraction of sp³-hybridized carbons (Fsp3) is 0.909. The SMILES string of the molecule is CCC1C(C)C12CCC2(C)C=O. The molecule has 2 saturated carbocycles. The van der Waals surface area contributed by atoms with Crippen molar-refractivity contribution in [1.29, 1.82) is 0 Å². The summed E-state index contributed by atoms with van der Waals surface area (Å²) in [6, 6.07) is 0. The molecule has 0 aromatic heterocycles. The van der Waals surface area contributed by atoms with Crippen molar-refractivity contribution in [2.45, 2.75) is 40.0 Å². The van der Waals surface area contributed by atoms with Crippen LogP contribution in [0.1, 0.15) is 40.0 Å². The van der Waals surface area contributed by atoms with Crippen LogP contribution in [0.25, 0.3) is 0 Å². The molecule has 1 nitrogen and oxygen atoms in total. The molecule has 0 N–H and O–H groups in total. The molecule has 0 aromatic rings. The zero-order valence-corrected chi connectivity index (χ0v) is 8.26. The van der Waals surface area contributed by atoms with Gasteiger partial charge < -0.3 is 4.79 Å². The van der Waals surface area contributed by atoms with Gasteiger partial charge in [0.25, 0.3) is 0 Å². The summed E-state index contributed by atoms with van der Waals surface area (Å²) in [6.07, 6.45) is 4.88. The predicted molar refractivity (Wildman–Crippen MR) is 48.8 cm³/mol. The number of rotatable bonds is 2. The second kappa shape index (κ2) is 2.12. The minimum atomic E-state index is 0.0348. The number of carbonyl (C=O) groups excluding carboxylic acids is 1. The van der Waals surface area contributed by atoms with Gasteiger partial charge in [0.2, 0.25) is 0 Å². The monoisotopic (exact) mass is 166 g/mol. The topological polar surface area (TPSA) is 17.1 Å². The number of carbonyl (C=O) groups is 1.